The van der Waals surface area contributed by atoms with Crippen molar-refractivity contribution in [3.63, 3.8) is 0 Å². The summed E-state index contributed by atoms with van der Waals surface area (Å²) >= 11 is 0. The second kappa shape index (κ2) is 14.1. The lowest BCUT2D eigenvalue weighted by Crippen LogP contribution is -2.54. The number of nitrogens with two attached hydrogens (primary N) is 3. The summed E-state index contributed by atoms with van der Waals surface area (Å²) in [6.07, 6.45) is 0.0495. The summed E-state index contributed by atoms with van der Waals surface area (Å²) in [7, 11) is 0. The number of hydrogen-bond donors (Lipinski definition) is 7. The third-order valence-corrected chi connectivity index (χ3v) is 4.68. The molecule has 35 heavy (non-hydrogen) atoms. The molecule has 0 aliphatic rings. The van der Waals surface area contributed by atoms with E-state index in [0.29, 0.717) is 6.42 Å². The van der Waals surface area contributed by atoms with Crippen molar-refractivity contribution in [1.82, 2.24) is 10.6 Å². The Morgan fingerprint density at radius 1 is 1.06 bits per heavy atom. The predicted octanol–water partition coefficient (Wildman–Crippen LogP) is -1.23. The number of carbonyl (C=O) groups excluding carboxylic acids is 3. The van der Waals surface area contributed by atoms with Crippen molar-refractivity contribution >= 4 is 41.0 Å². The molecule has 0 saturated carbocycles. The Balaban J connectivity index is 2.82. The number of carboxylic acid groups (broad SMARTS) is 1. The smallest absolute Gasteiger partial charge is 0.303 e. The molecule has 1 rings (SSSR count). The largest absolute Gasteiger partial charge is 0.481 e. The number of aliphatic carboxylic acids is 1. The van der Waals surface area contributed by atoms with Crippen molar-refractivity contribution in [2.24, 2.45) is 22.2 Å². The first kappa shape index (κ1) is 28.8. The zero-order chi connectivity index (χ0) is 26.5. The molecule has 192 valence electrons. The van der Waals surface area contributed by atoms with E-state index in [1.54, 1.807) is 0 Å². The van der Waals surface area contributed by atoms with Crippen LogP contribution in [0.3, 0.4) is 0 Å². The first-order valence-corrected chi connectivity index (χ1v) is 10.6. The van der Waals surface area contributed by atoms with Crippen molar-refractivity contribution in [3.05, 3.63) is 34.4 Å². The molecule has 1 aromatic rings. The normalized spacial score (nSPS) is 13.0. The fraction of sp³-hybridized carbons (Fsp3) is 0.450. The van der Waals surface area contributed by atoms with Crippen LogP contribution in [0.4, 0.5) is 11.4 Å². The van der Waals surface area contributed by atoms with Crippen LogP contribution in [0.5, 0.6) is 0 Å². The fourth-order valence-electron chi connectivity index (χ4n) is 2.76. The summed E-state index contributed by atoms with van der Waals surface area (Å²) in [5.41, 5.74) is 16.3. The summed E-state index contributed by atoms with van der Waals surface area (Å²) in [5.74, 6) is -3.24. The Hall–Kier alpha value is -4.27. The lowest BCUT2D eigenvalue weighted by molar-refractivity contribution is -0.384. The summed E-state index contributed by atoms with van der Waals surface area (Å²) < 4.78 is 0. The molecule has 0 saturated heterocycles. The van der Waals surface area contributed by atoms with E-state index >= 15 is 0 Å². The minimum absolute atomic E-state index is 0.111. The zero-order valence-electron chi connectivity index (χ0n) is 19.1. The summed E-state index contributed by atoms with van der Waals surface area (Å²) in [4.78, 5) is 62.2. The highest BCUT2D eigenvalue weighted by molar-refractivity contribution is 5.98. The number of anilines is 1. The van der Waals surface area contributed by atoms with Crippen molar-refractivity contribution in [1.29, 1.82) is 0 Å². The lowest BCUT2D eigenvalue weighted by Gasteiger charge is -2.22. The van der Waals surface area contributed by atoms with Gasteiger partial charge in [0.05, 0.1) is 11.0 Å². The first-order valence-electron chi connectivity index (χ1n) is 10.6. The number of nitrogens with zero attached hydrogens (tertiary/aromatic N) is 2. The molecule has 0 heterocycles. The van der Waals surface area contributed by atoms with E-state index in [9.17, 15) is 29.3 Å². The van der Waals surface area contributed by atoms with Gasteiger partial charge >= 0.3 is 5.97 Å². The standard InChI is InChI=1S/C20H30N8O7/c1-11(25-18(32)14(21)8-9-16(29)30)17(31)27-15(3-2-10-24-20(22)23)19(33)26-12-4-6-13(7-5-12)28(34)35/h4-7,11,14-15H,2-3,8-10,21H2,1H3,(H,25,32)(H,26,33)(H,27,31)(H,29,30)(H4,22,23,24)/t11-,14-,15-/m0/s1. The molecule has 15 nitrogen and oxygen atoms in total. The van der Waals surface area contributed by atoms with Gasteiger partial charge < -0.3 is 38.3 Å². The Morgan fingerprint density at radius 2 is 1.69 bits per heavy atom. The van der Waals surface area contributed by atoms with Gasteiger partial charge in [0, 0.05) is 30.8 Å². The van der Waals surface area contributed by atoms with Crippen molar-refractivity contribution < 1.29 is 29.2 Å². The van der Waals surface area contributed by atoms with E-state index in [1.165, 1.54) is 31.2 Å². The highest BCUT2D eigenvalue weighted by atomic mass is 16.6. The number of nitro benzene ring substituents is 1. The van der Waals surface area contributed by atoms with Crippen LogP contribution in [0.15, 0.2) is 29.3 Å². The quantitative estimate of drug-likeness (QED) is 0.0532. The van der Waals surface area contributed by atoms with Gasteiger partial charge in [0.1, 0.15) is 12.1 Å². The van der Waals surface area contributed by atoms with Crippen LogP contribution in [0.25, 0.3) is 0 Å². The van der Waals surface area contributed by atoms with Crippen LogP contribution in [0.2, 0.25) is 0 Å². The average Bonchev–Trinajstić information content (AvgIpc) is 2.79. The summed E-state index contributed by atoms with van der Waals surface area (Å²) in [6, 6.07) is 1.87. The monoisotopic (exact) mass is 494 g/mol. The lowest BCUT2D eigenvalue weighted by atomic mass is 10.1. The van der Waals surface area contributed by atoms with Gasteiger partial charge in [-0.2, -0.15) is 0 Å². The molecule has 0 spiro atoms. The van der Waals surface area contributed by atoms with Gasteiger partial charge in [0.15, 0.2) is 5.96 Å². The highest BCUT2D eigenvalue weighted by Gasteiger charge is 2.26. The van der Waals surface area contributed by atoms with Crippen LogP contribution in [-0.2, 0) is 19.2 Å². The number of carboxylic acids is 1. The second-order valence-electron chi connectivity index (χ2n) is 7.57. The maximum absolute atomic E-state index is 12.8. The predicted molar refractivity (Wildman–Crippen MR) is 126 cm³/mol. The molecule has 3 amide bonds. The van der Waals surface area contributed by atoms with E-state index in [-0.39, 0.29) is 43.1 Å². The Morgan fingerprint density at radius 3 is 2.23 bits per heavy atom. The first-order chi connectivity index (χ1) is 16.4. The number of non-ortho nitro benzene ring substituents is 1. The average molecular weight is 495 g/mol. The van der Waals surface area contributed by atoms with Gasteiger partial charge in [0.25, 0.3) is 5.69 Å². The van der Waals surface area contributed by atoms with E-state index in [0.717, 1.165) is 0 Å². The van der Waals surface area contributed by atoms with Gasteiger partial charge in [-0.25, -0.2) is 0 Å². The molecule has 10 N–H and O–H groups in total. The van der Waals surface area contributed by atoms with Crippen LogP contribution in [0, 0.1) is 10.1 Å². The molecule has 1 aromatic carbocycles. The van der Waals surface area contributed by atoms with Gasteiger partial charge in [-0.15, -0.1) is 0 Å². The third-order valence-electron chi connectivity index (χ3n) is 4.68. The molecule has 0 unspecified atom stereocenters. The SMILES string of the molecule is C[C@H](NC(=O)[C@@H](N)CCC(=O)O)C(=O)N[C@@H](CCCN=C(N)N)C(=O)Nc1ccc([N+](=O)[O-])cc1. The van der Waals surface area contributed by atoms with Crippen molar-refractivity contribution in [2.45, 2.75) is 50.7 Å². The number of aliphatic imine (C=N–C) groups is 1. The molecule has 3 atom stereocenters. The maximum Gasteiger partial charge on any atom is 0.303 e. The van der Waals surface area contributed by atoms with Gasteiger partial charge in [0.2, 0.25) is 17.7 Å². The Labute approximate surface area is 200 Å². The number of nitro groups is 1. The third kappa shape index (κ3) is 10.9. The molecule has 0 radical (unpaired) electrons. The molecule has 0 aromatic heterocycles. The molecule has 0 fully saturated rings. The number of hydrogen-bond acceptors (Lipinski definition) is 8. The van der Waals surface area contributed by atoms with Crippen LogP contribution < -0.4 is 33.2 Å². The molecule has 15 heteroatoms. The van der Waals surface area contributed by atoms with E-state index in [1.807, 2.05) is 0 Å². The molecular formula is C20H30N8O7. The Kier molecular flexibility index (Phi) is 11.6. The van der Waals surface area contributed by atoms with Crippen LogP contribution in [-0.4, -0.2) is 64.4 Å². The van der Waals surface area contributed by atoms with Crippen LogP contribution in [0.1, 0.15) is 32.6 Å². The molecular weight excluding hydrogens is 464 g/mol. The summed E-state index contributed by atoms with van der Waals surface area (Å²) in [5, 5.41) is 26.9. The number of amides is 3. The topological polar surface area (TPSA) is 258 Å². The molecule has 0 aliphatic carbocycles. The highest BCUT2D eigenvalue weighted by Crippen LogP contribution is 2.16. The molecule has 0 bridgehead atoms. The van der Waals surface area contributed by atoms with Gasteiger partial charge in [-0.3, -0.25) is 34.3 Å². The fourth-order valence-corrected chi connectivity index (χ4v) is 2.76. The van der Waals surface area contributed by atoms with Gasteiger partial charge in [-0.1, -0.05) is 0 Å². The second-order valence-corrected chi connectivity index (χ2v) is 7.57. The number of nitrogens with one attached hydrogen (secondary N) is 3. The van der Waals surface area contributed by atoms with Gasteiger partial charge in [-0.05, 0) is 38.3 Å². The summed E-state index contributed by atoms with van der Waals surface area (Å²) in [6.45, 7) is 1.58. The van der Waals surface area contributed by atoms with E-state index < -0.39 is 46.7 Å². The minimum Gasteiger partial charge on any atom is -0.481 e. The molecule has 0 aliphatic heterocycles. The number of benzene rings is 1. The number of carbonyl (C=O) groups is 4. The number of rotatable bonds is 14. The van der Waals surface area contributed by atoms with Crippen molar-refractivity contribution in [3.8, 4) is 0 Å². The van der Waals surface area contributed by atoms with E-state index in [4.69, 9.17) is 22.3 Å². The zero-order valence-corrected chi connectivity index (χ0v) is 19.1. The minimum atomic E-state index is -1.12. The van der Waals surface area contributed by atoms with Crippen molar-refractivity contribution in [2.75, 3.05) is 11.9 Å². The Bertz CT molecular complexity index is 947. The maximum atomic E-state index is 12.8. The van der Waals surface area contributed by atoms with Crippen LogP contribution >= 0.6 is 0 Å². The number of guanidine groups is 1. The van der Waals surface area contributed by atoms with E-state index in [2.05, 4.69) is 20.9 Å².